The highest BCUT2D eigenvalue weighted by molar-refractivity contribution is 5.98. The Morgan fingerprint density at radius 2 is 1.77 bits per heavy atom. The Kier molecular flexibility index (Phi) is 6.59. The number of hydrogen-bond donors (Lipinski definition) is 0. The smallest absolute Gasteiger partial charge is 0.169 e. The second kappa shape index (κ2) is 9.96. The van der Waals surface area contributed by atoms with Gasteiger partial charge < -0.3 is 4.90 Å². The molecule has 0 bridgehead atoms. The lowest BCUT2D eigenvalue weighted by Gasteiger charge is -2.36. The molecule has 0 atom stereocenters. The molecule has 0 saturated carbocycles. The lowest BCUT2D eigenvalue weighted by atomic mass is 10.0. The lowest BCUT2D eigenvalue weighted by Crippen LogP contribution is -2.47. The Labute approximate surface area is 206 Å². The number of ketones is 1. The minimum Gasteiger partial charge on any atom is -0.354 e. The Bertz CT molecular complexity index is 1340. The molecule has 180 valence electrons. The van der Waals surface area contributed by atoms with Crippen LogP contribution < -0.4 is 4.90 Å². The van der Waals surface area contributed by atoms with E-state index in [2.05, 4.69) is 56.9 Å². The van der Waals surface area contributed by atoms with Crippen molar-refractivity contribution in [2.45, 2.75) is 20.3 Å². The average Bonchev–Trinajstić information content (AvgIpc) is 3.30. The number of anilines is 1. The number of carbonyl (C=O) groups is 1. The molecular formula is C28H32N6O. The summed E-state index contributed by atoms with van der Waals surface area (Å²) in [7, 11) is 1.91. The van der Waals surface area contributed by atoms with Gasteiger partial charge in [-0.2, -0.15) is 5.10 Å². The van der Waals surface area contributed by atoms with Gasteiger partial charge in [-0.15, -0.1) is 0 Å². The van der Waals surface area contributed by atoms with Crippen LogP contribution in [-0.4, -0.2) is 63.2 Å². The first-order valence-electron chi connectivity index (χ1n) is 12.3. The van der Waals surface area contributed by atoms with Gasteiger partial charge in [0.15, 0.2) is 5.78 Å². The number of nitrogens with zero attached hydrogens (tertiary/aromatic N) is 6. The van der Waals surface area contributed by atoms with Crippen LogP contribution in [0.5, 0.6) is 0 Å². The number of fused-ring (bicyclic) bond motifs is 1. The van der Waals surface area contributed by atoms with Crippen LogP contribution in [0.25, 0.3) is 21.9 Å². The highest BCUT2D eigenvalue weighted by atomic mass is 16.1. The Morgan fingerprint density at radius 1 is 0.943 bits per heavy atom. The van der Waals surface area contributed by atoms with E-state index in [1.54, 1.807) is 10.9 Å². The van der Waals surface area contributed by atoms with Crippen molar-refractivity contribution in [3.8, 4) is 11.1 Å². The second-order valence-electron chi connectivity index (χ2n) is 9.82. The van der Waals surface area contributed by atoms with Crippen molar-refractivity contribution in [3.63, 3.8) is 0 Å². The van der Waals surface area contributed by atoms with Crippen LogP contribution in [0.15, 0.2) is 61.2 Å². The van der Waals surface area contributed by atoms with Gasteiger partial charge in [-0.25, -0.2) is 4.98 Å². The summed E-state index contributed by atoms with van der Waals surface area (Å²) in [5, 5.41) is 6.39. The number of pyridine rings is 2. The molecule has 7 nitrogen and oxygen atoms in total. The third kappa shape index (κ3) is 5.41. The summed E-state index contributed by atoms with van der Waals surface area (Å²) in [6.45, 7) is 9.56. The average molecular weight is 469 g/mol. The van der Waals surface area contributed by atoms with Gasteiger partial charge in [0, 0.05) is 80.6 Å². The standard InChI is InChI=1S/C28H32N6O/c1-20(2)18-33-8-10-34(11-9-33)28-14-22(6-7-29-28)27(35)15-26-13-24-12-21(4-5-23(24)16-30-26)25-17-31-32(3)19-25/h4-7,12-14,16-17,19-20H,8-11,15,18H2,1-3H3. The number of piperazine rings is 1. The molecule has 3 aromatic heterocycles. The molecule has 1 aromatic carbocycles. The highest BCUT2D eigenvalue weighted by Gasteiger charge is 2.19. The summed E-state index contributed by atoms with van der Waals surface area (Å²) in [4.78, 5) is 27.0. The van der Waals surface area contributed by atoms with E-state index in [4.69, 9.17) is 0 Å². The van der Waals surface area contributed by atoms with Gasteiger partial charge >= 0.3 is 0 Å². The van der Waals surface area contributed by atoms with Crippen molar-refractivity contribution in [2.24, 2.45) is 13.0 Å². The Morgan fingerprint density at radius 3 is 2.51 bits per heavy atom. The van der Waals surface area contributed by atoms with Gasteiger partial charge in [-0.3, -0.25) is 19.4 Å². The fourth-order valence-corrected chi connectivity index (χ4v) is 4.74. The SMILES string of the molecule is CC(C)CN1CCN(c2cc(C(=O)Cc3cc4cc(-c5cnn(C)c5)ccc4cn3)ccn2)CC1. The van der Waals surface area contributed by atoms with Gasteiger partial charge in [-0.05, 0) is 41.1 Å². The molecule has 35 heavy (non-hydrogen) atoms. The number of aromatic nitrogens is 4. The zero-order valence-corrected chi connectivity index (χ0v) is 20.7. The van der Waals surface area contributed by atoms with Crippen molar-refractivity contribution in [1.29, 1.82) is 0 Å². The maximum atomic E-state index is 13.1. The van der Waals surface area contributed by atoms with Crippen LogP contribution in [-0.2, 0) is 13.5 Å². The molecule has 0 N–H and O–H groups in total. The first-order chi connectivity index (χ1) is 16.9. The molecule has 5 rings (SSSR count). The van der Waals surface area contributed by atoms with Crippen LogP contribution in [0.4, 0.5) is 5.82 Å². The van der Waals surface area contributed by atoms with Crippen LogP contribution in [0, 0.1) is 5.92 Å². The number of Topliss-reactive ketones (excluding diaryl/α,β-unsaturated/α-hetero) is 1. The van der Waals surface area contributed by atoms with E-state index in [1.165, 1.54) is 0 Å². The highest BCUT2D eigenvalue weighted by Crippen LogP contribution is 2.25. The summed E-state index contributed by atoms with van der Waals surface area (Å²) >= 11 is 0. The first kappa shape index (κ1) is 23.2. The van der Waals surface area contributed by atoms with E-state index < -0.39 is 0 Å². The van der Waals surface area contributed by atoms with E-state index in [-0.39, 0.29) is 12.2 Å². The molecule has 1 aliphatic heterocycles. The number of hydrogen-bond acceptors (Lipinski definition) is 6. The zero-order valence-electron chi connectivity index (χ0n) is 20.7. The van der Waals surface area contributed by atoms with E-state index in [9.17, 15) is 4.79 Å². The van der Waals surface area contributed by atoms with Crippen LogP contribution in [0.2, 0.25) is 0 Å². The van der Waals surface area contributed by atoms with Gasteiger partial charge in [-0.1, -0.05) is 26.0 Å². The largest absolute Gasteiger partial charge is 0.354 e. The molecule has 0 amide bonds. The predicted octanol–water partition coefficient (Wildman–Crippen LogP) is 4.23. The minimum atomic E-state index is 0.0577. The molecule has 1 saturated heterocycles. The van der Waals surface area contributed by atoms with Crippen LogP contribution >= 0.6 is 0 Å². The van der Waals surface area contributed by atoms with Crippen LogP contribution in [0.1, 0.15) is 29.9 Å². The third-order valence-electron chi connectivity index (χ3n) is 6.55. The van der Waals surface area contributed by atoms with E-state index in [0.717, 1.165) is 66.1 Å². The Hall–Kier alpha value is -3.58. The molecule has 4 aromatic rings. The maximum Gasteiger partial charge on any atom is 0.169 e. The normalized spacial score (nSPS) is 14.7. The molecule has 0 aliphatic carbocycles. The molecule has 1 fully saturated rings. The number of aryl methyl sites for hydroxylation is 1. The molecular weight excluding hydrogens is 436 g/mol. The number of benzene rings is 1. The first-order valence-corrected chi connectivity index (χ1v) is 12.3. The van der Waals surface area contributed by atoms with Crippen molar-refractivity contribution >= 4 is 22.4 Å². The Balaban J connectivity index is 1.29. The second-order valence-corrected chi connectivity index (χ2v) is 9.82. The monoisotopic (exact) mass is 468 g/mol. The lowest BCUT2D eigenvalue weighted by molar-refractivity contribution is 0.0992. The van der Waals surface area contributed by atoms with Gasteiger partial charge in [0.1, 0.15) is 5.82 Å². The third-order valence-corrected chi connectivity index (χ3v) is 6.55. The molecule has 0 radical (unpaired) electrons. The quantitative estimate of drug-likeness (QED) is 0.378. The van der Waals surface area contributed by atoms with Crippen molar-refractivity contribution in [3.05, 3.63) is 72.4 Å². The maximum absolute atomic E-state index is 13.1. The number of rotatable bonds is 7. The van der Waals surface area contributed by atoms with E-state index in [1.807, 2.05) is 43.8 Å². The molecule has 0 unspecified atom stereocenters. The molecule has 7 heteroatoms. The van der Waals surface area contributed by atoms with Gasteiger partial charge in [0.25, 0.3) is 0 Å². The van der Waals surface area contributed by atoms with E-state index >= 15 is 0 Å². The molecule has 1 aliphatic rings. The van der Waals surface area contributed by atoms with Crippen molar-refractivity contribution in [1.82, 2.24) is 24.6 Å². The molecule has 4 heterocycles. The van der Waals surface area contributed by atoms with E-state index in [0.29, 0.717) is 11.5 Å². The molecule has 0 spiro atoms. The summed E-state index contributed by atoms with van der Waals surface area (Å²) in [5.74, 6) is 1.61. The van der Waals surface area contributed by atoms with Crippen molar-refractivity contribution < 1.29 is 4.79 Å². The summed E-state index contributed by atoms with van der Waals surface area (Å²) in [6, 6.07) is 12.0. The summed E-state index contributed by atoms with van der Waals surface area (Å²) in [6.07, 6.45) is 7.71. The number of carbonyl (C=O) groups excluding carboxylic acids is 1. The van der Waals surface area contributed by atoms with Crippen molar-refractivity contribution in [2.75, 3.05) is 37.6 Å². The zero-order chi connectivity index (χ0) is 24.4. The predicted molar refractivity (Wildman–Crippen MR) is 140 cm³/mol. The summed E-state index contributed by atoms with van der Waals surface area (Å²) in [5.41, 5.74) is 3.62. The topological polar surface area (TPSA) is 67.2 Å². The fraction of sp³-hybridized carbons (Fsp3) is 0.357. The van der Waals surface area contributed by atoms with Gasteiger partial charge in [0.05, 0.1) is 12.6 Å². The summed E-state index contributed by atoms with van der Waals surface area (Å²) < 4.78 is 1.80. The van der Waals surface area contributed by atoms with Crippen LogP contribution in [0.3, 0.4) is 0 Å². The fourth-order valence-electron chi connectivity index (χ4n) is 4.74. The minimum absolute atomic E-state index is 0.0577. The van der Waals surface area contributed by atoms with Gasteiger partial charge in [0.2, 0.25) is 0 Å².